The first-order valence-electron chi connectivity index (χ1n) is 10.3. The van der Waals surface area contributed by atoms with Gasteiger partial charge in [0.1, 0.15) is 11.6 Å². The fraction of sp³-hybridized carbons (Fsp3) is 0.280. The van der Waals surface area contributed by atoms with Gasteiger partial charge in [0.2, 0.25) is 0 Å². The second kappa shape index (κ2) is 9.73. The summed E-state index contributed by atoms with van der Waals surface area (Å²) in [5, 5.41) is 0. The second-order valence-electron chi connectivity index (χ2n) is 7.57. The van der Waals surface area contributed by atoms with Crippen molar-refractivity contribution in [1.82, 2.24) is 9.80 Å². The lowest BCUT2D eigenvalue weighted by atomic mass is 10.1. The van der Waals surface area contributed by atoms with Crippen molar-refractivity contribution in [2.75, 3.05) is 19.7 Å². The summed E-state index contributed by atoms with van der Waals surface area (Å²) < 4.78 is 20.0. The standard InChI is InChI=1S/C25H26BrFN2O/c1-2-30-24-12-8-20(9-13-24)18-29-15-14-28(17-19-6-10-23(27)11-7-19)25(29)21-4-3-5-22(26)16-21/h3-13,16,25H,2,14-15,17-18H2,1H3/t25-/m1/s1. The van der Waals surface area contributed by atoms with Crippen molar-refractivity contribution in [3.63, 3.8) is 0 Å². The first-order valence-corrected chi connectivity index (χ1v) is 11.1. The number of ether oxygens (including phenoxy) is 1. The molecule has 0 amide bonds. The van der Waals surface area contributed by atoms with E-state index in [9.17, 15) is 4.39 Å². The van der Waals surface area contributed by atoms with Gasteiger partial charge in [-0.2, -0.15) is 0 Å². The highest BCUT2D eigenvalue weighted by Gasteiger charge is 2.33. The number of halogens is 2. The van der Waals surface area contributed by atoms with Crippen LogP contribution in [0.2, 0.25) is 0 Å². The zero-order valence-electron chi connectivity index (χ0n) is 17.1. The maximum atomic E-state index is 13.3. The summed E-state index contributed by atoms with van der Waals surface area (Å²) in [6.45, 7) is 6.27. The van der Waals surface area contributed by atoms with Crippen molar-refractivity contribution in [3.05, 3.63) is 99.8 Å². The van der Waals surface area contributed by atoms with Crippen LogP contribution in [0.25, 0.3) is 0 Å². The summed E-state index contributed by atoms with van der Waals surface area (Å²) in [5.74, 6) is 0.713. The van der Waals surface area contributed by atoms with Gasteiger partial charge < -0.3 is 4.74 Å². The maximum absolute atomic E-state index is 13.3. The fourth-order valence-corrected chi connectivity index (χ4v) is 4.49. The van der Waals surface area contributed by atoms with Gasteiger partial charge in [0.15, 0.2) is 0 Å². The van der Waals surface area contributed by atoms with Gasteiger partial charge in [0.05, 0.1) is 12.8 Å². The van der Waals surface area contributed by atoms with E-state index in [1.54, 1.807) is 0 Å². The Hall–Kier alpha value is -2.21. The van der Waals surface area contributed by atoms with Crippen LogP contribution in [0.15, 0.2) is 77.3 Å². The highest BCUT2D eigenvalue weighted by atomic mass is 79.9. The van der Waals surface area contributed by atoms with E-state index < -0.39 is 0 Å². The van der Waals surface area contributed by atoms with Crippen LogP contribution in [0.4, 0.5) is 4.39 Å². The third-order valence-corrected chi connectivity index (χ3v) is 5.93. The van der Waals surface area contributed by atoms with Crippen LogP contribution in [0.3, 0.4) is 0 Å². The molecule has 156 valence electrons. The molecule has 1 atom stereocenters. The van der Waals surface area contributed by atoms with E-state index >= 15 is 0 Å². The molecule has 5 heteroatoms. The molecule has 0 aromatic heterocycles. The van der Waals surface area contributed by atoms with Gasteiger partial charge in [0.25, 0.3) is 0 Å². The predicted molar refractivity (Wildman–Crippen MR) is 122 cm³/mol. The third kappa shape index (κ3) is 5.09. The lowest BCUT2D eigenvalue weighted by molar-refractivity contribution is 0.125. The fourth-order valence-electron chi connectivity index (χ4n) is 4.07. The smallest absolute Gasteiger partial charge is 0.123 e. The monoisotopic (exact) mass is 468 g/mol. The quantitative estimate of drug-likeness (QED) is 0.422. The van der Waals surface area contributed by atoms with Gasteiger partial charge >= 0.3 is 0 Å². The van der Waals surface area contributed by atoms with Crippen LogP contribution in [0.5, 0.6) is 5.75 Å². The molecular formula is C25H26BrFN2O. The molecule has 30 heavy (non-hydrogen) atoms. The van der Waals surface area contributed by atoms with Gasteiger partial charge in [-0.05, 0) is 60.0 Å². The molecule has 3 nitrogen and oxygen atoms in total. The first kappa shape index (κ1) is 21.0. The van der Waals surface area contributed by atoms with Crippen LogP contribution in [-0.2, 0) is 13.1 Å². The van der Waals surface area contributed by atoms with Gasteiger partial charge in [-0.15, -0.1) is 0 Å². The van der Waals surface area contributed by atoms with E-state index in [0.717, 1.165) is 42.0 Å². The molecule has 0 saturated carbocycles. The molecule has 3 aromatic rings. The zero-order valence-corrected chi connectivity index (χ0v) is 18.7. The highest BCUT2D eigenvalue weighted by molar-refractivity contribution is 9.10. The number of rotatable bonds is 7. The molecule has 0 spiro atoms. The zero-order chi connectivity index (χ0) is 20.9. The molecule has 1 heterocycles. The average Bonchev–Trinajstić information content (AvgIpc) is 3.13. The SMILES string of the molecule is CCOc1ccc(CN2CCN(Cc3ccc(F)cc3)[C@H]2c2cccc(Br)c2)cc1. The normalized spacial score (nSPS) is 17.4. The Morgan fingerprint density at radius 2 is 1.50 bits per heavy atom. The Balaban J connectivity index is 1.56. The summed E-state index contributed by atoms with van der Waals surface area (Å²) >= 11 is 3.62. The first-order chi connectivity index (χ1) is 14.6. The number of nitrogens with zero attached hydrogens (tertiary/aromatic N) is 2. The molecular weight excluding hydrogens is 443 g/mol. The van der Waals surface area contributed by atoms with Crippen molar-refractivity contribution in [2.45, 2.75) is 26.2 Å². The van der Waals surface area contributed by atoms with Crippen LogP contribution in [0, 0.1) is 5.82 Å². The van der Waals surface area contributed by atoms with Crippen LogP contribution in [0.1, 0.15) is 29.8 Å². The van der Waals surface area contributed by atoms with E-state index in [2.05, 4.69) is 62.1 Å². The van der Waals surface area contributed by atoms with E-state index in [-0.39, 0.29) is 12.0 Å². The Morgan fingerprint density at radius 1 is 0.900 bits per heavy atom. The van der Waals surface area contributed by atoms with Crippen LogP contribution >= 0.6 is 15.9 Å². The lowest BCUT2D eigenvalue weighted by Gasteiger charge is -2.31. The molecule has 0 N–H and O–H groups in total. The van der Waals surface area contributed by atoms with Gasteiger partial charge in [-0.1, -0.05) is 52.3 Å². The molecule has 0 aliphatic carbocycles. The van der Waals surface area contributed by atoms with Crippen molar-refractivity contribution in [1.29, 1.82) is 0 Å². The summed E-state index contributed by atoms with van der Waals surface area (Å²) in [6.07, 6.45) is 0.166. The van der Waals surface area contributed by atoms with E-state index in [1.165, 1.54) is 23.3 Å². The van der Waals surface area contributed by atoms with Crippen molar-refractivity contribution in [3.8, 4) is 5.75 Å². The van der Waals surface area contributed by atoms with Crippen molar-refractivity contribution >= 4 is 15.9 Å². The van der Waals surface area contributed by atoms with Crippen LogP contribution in [-0.4, -0.2) is 29.5 Å². The van der Waals surface area contributed by atoms with E-state index in [4.69, 9.17) is 4.74 Å². The average molecular weight is 469 g/mol. The molecule has 0 bridgehead atoms. The molecule has 0 radical (unpaired) electrons. The minimum atomic E-state index is -0.194. The van der Waals surface area contributed by atoms with Crippen molar-refractivity contribution in [2.24, 2.45) is 0 Å². The van der Waals surface area contributed by atoms with Gasteiger partial charge in [-0.3, -0.25) is 9.80 Å². The highest BCUT2D eigenvalue weighted by Crippen LogP contribution is 2.34. The largest absolute Gasteiger partial charge is 0.494 e. The van der Waals surface area contributed by atoms with E-state index in [1.807, 2.05) is 31.2 Å². The molecule has 1 saturated heterocycles. The minimum Gasteiger partial charge on any atom is -0.494 e. The van der Waals surface area contributed by atoms with Gasteiger partial charge in [0, 0.05) is 30.7 Å². The molecule has 0 unspecified atom stereocenters. The molecule has 1 fully saturated rings. The minimum absolute atomic E-state index is 0.166. The van der Waals surface area contributed by atoms with Crippen molar-refractivity contribution < 1.29 is 9.13 Å². The summed E-state index contributed by atoms with van der Waals surface area (Å²) in [7, 11) is 0. The Bertz CT molecular complexity index is 962. The predicted octanol–water partition coefficient (Wildman–Crippen LogP) is 6.00. The van der Waals surface area contributed by atoms with Crippen LogP contribution < -0.4 is 4.74 Å². The molecule has 4 rings (SSSR count). The second-order valence-corrected chi connectivity index (χ2v) is 8.49. The Labute approximate surface area is 186 Å². The van der Waals surface area contributed by atoms with Gasteiger partial charge in [-0.25, -0.2) is 4.39 Å². The van der Waals surface area contributed by atoms with E-state index in [0.29, 0.717) is 6.61 Å². The Morgan fingerprint density at radius 3 is 2.07 bits per heavy atom. The molecule has 3 aromatic carbocycles. The topological polar surface area (TPSA) is 15.7 Å². The summed E-state index contributed by atoms with van der Waals surface area (Å²) in [6, 6.07) is 23.7. The summed E-state index contributed by atoms with van der Waals surface area (Å²) in [5.41, 5.74) is 3.65. The molecule has 1 aliphatic rings. The summed E-state index contributed by atoms with van der Waals surface area (Å²) in [4.78, 5) is 4.96. The number of hydrogen-bond acceptors (Lipinski definition) is 3. The molecule has 1 aliphatic heterocycles. The number of benzene rings is 3. The number of hydrogen-bond donors (Lipinski definition) is 0. The third-order valence-electron chi connectivity index (χ3n) is 5.43. The lowest BCUT2D eigenvalue weighted by Crippen LogP contribution is -2.30. The Kier molecular flexibility index (Phi) is 6.82. The maximum Gasteiger partial charge on any atom is 0.123 e.